The van der Waals surface area contributed by atoms with E-state index in [0.29, 0.717) is 22.3 Å². The van der Waals surface area contributed by atoms with Gasteiger partial charge in [0, 0.05) is 30.8 Å². The summed E-state index contributed by atoms with van der Waals surface area (Å²) >= 11 is 6.45. The van der Waals surface area contributed by atoms with Crippen molar-refractivity contribution in [1.29, 1.82) is 0 Å². The van der Waals surface area contributed by atoms with Gasteiger partial charge in [-0.2, -0.15) is 4.98 Å². The molecule has 0 bridgehead atoms. The molecule has 0 radical (unpaired) electrons. The molecule has 1 aromatic carbocycles. The number of nitrogens with zero attached hydrogens (tertiary/aromatic N) is 6. The first kappa shape index (κ1) is 27.0. The number of nitrogens with one attached hydrogen (secondary N) is 1. The van der Waals surface area contributed by atoms with Gasteiger partial charge < -0.3 is 14.2 Å². The lowest BCUT2D eigenvalue weighted by Crippen LogP contribution is -2.48. The lowest BCUT2D eigenvalue weighted by molar-refractivity contribution is 0.00151. The third-order valence-electron chi connectivity index (χ3n) is 8.75. The zero-order valence-electron chi connectivity index (χ0n) is 23.5. The number of methoxy groups -OCH3 is 1. The van der Waals surface area contributed by atoms with Gasteiger partial charge in [0.05, 0.1) is 11.6 Å². The Morgan fingerprint density at radius 1 is 1.15 bits per heavy atom. The van der Waals surface area contributed by atoms with E-state index in [4.69, 9.17) is 35.8 Å². The van der Waals surface area contributed by atoms with E-state index < -0.39 is 5.76 Å². The third kappa shape index (κ3) is 5.03. The SMILES string of the molecule is COC(C)(C)C1CCCN1c1nc2nc(-c3noc(=O)[nH]3)nc(-c3cccc(Cl)c3)c2n1CC1CCC(C)CC1. The maximum Gasteiger partial charge on any atom is 0.439 e. The Hall–Kier alpha value is -3.24. The van der Waals surface area contributed by atoms with E-state index in [-0.39, 0.29) is 23.3 Å². The highest BCUT2D eigenvalue weighted by atomic mass is 35.5. The first-order chi connectivity index (χ1) is 19.2. The van der Waals surface area contributed by atoms with Gasteiger partial charge in [-0.15, -0.1) is 0 Å². The molecule has 212 valence electrons. The summed E-state index contributed by atoms with van der Waals surface area (Å²) in [6.45, 7) is 8.33. The summed E-state index contributed by atoms with van der Waals surface area (Å²) in [6, 6.07) is 7.78. The van der Waals surface area contributed by atoms with E-state index >= 15 is 0 Å². The fourth-order valence-electron chi connectivity index (χ4n) is 6.32. The molecule has 2 fully saturated rings. The second-order valence-corrected chi connectivity index (χ2v) is 12.3. The molecule has 2 aliphatic rings. The number of ether oxygens (including phenoxy) is 1. The van der Waals surface area contributed by atoms with Crippen molar-refractivity contribution in [3.8, 4) is 22.9 Å². The van der Waals surface area contributed by atoms with Crippen LogP contribution in [0.5, 0.6) is 0 Å². The Balaban J connectivity index is 1.58. The van der Waals surface area contributed by atoms with Gasteiger partial charge in [0.25, 0.3) is 0 Å². The molecule has 1 atom stereocenters. The predicted molar refractivity (Wildman–Crippen MR) is 154 cm³/mol. The summed E-state index contributed by atoms with van der Waals surface area (Å²) in [5.41, 5.74) is 2.57. The summed E-state index contributed by atoms with van der Waals surface area (Å²) in [5.74, 6) is 1.91. The minimum absolute atomic E-state index is 0.159. The topological polar surface area (TPSA) is 115 Å². The Labute approximate surface area is 238 Å². The molecule has 1 unspecified atom stereocenters. The van der Waals surface area contributed by atoms with Crippen LogP contribution in [0.4, 0.5) is 5.95 Å². The number of rotatable bonds is 7. The lowest BCUT2D eigenvalue weighted by atomic mass is 9.83. The van der Waals surface area contributed by atoms with E-state index in [1.165, 1.54) is 25.7 Å². The Kier molecular flexibility index (Phi) is 7.16. The van der Waals surface area contributed by atoms with E-state index in [9.17, 15) is 4.79 Å². The Morgan fingerprint density at radius 3 is 2.65 bits per heavy atom. The van der Waals surface area contributed by atoms with E-state index in [1.54, 1.807) is 7.11 Å². The fourth-order valence-corrected chi connectivity index (χ4v) is 6.51. The van der Waals surface area contributed by atoms with Crippen LogP contribution in [0.3, 0.4) is 0 Å². The largest absolute Gasteiger partial charge is 0.439 e. The number of halogens is 1. The number of hydrogen-bond donors (Lipinski definition) is 1. The van der Waals surface area contributed by atoms with Gasteiger partial charge in [0.1, 0.15) is 11.2 Å². The zero-order valence-corrected chi connectivity index (χ0v) is 24.2. The van der Waals surface area contributed by atoms with Crippen molar-refractivity contribution < 1.29 is 9.26 Å². The molecule has 40 heavy (non-hydrogen) atoms. The summed E-state index contributed by atoms with van der Waals surface area (Å²) in [5, 5.41) is 4.46. The van der Waals surface area contributed by atoms with Crippen LogP contribution in [0, 0.1) is 11.8 Å². The minimum Gasteiger partial charge on any atom is -0.377 e. The highest BCUT2D eigenvalue weighted by Crippen LogP contribution is 2.39. The molecule has 1 saturated carbocycles. The van der Waals surface area contributed by atoms with Crippen LogP contribution in [0.25, 0.3) is 34.1 Å². The van der Waals surface area contributed by atoms with Crippen LogP contribution >= 0.6 is 11.6 Å². The zero-order chi connectivity index (χ0) is 28.0. The summed E-state index contributed by atoms with van der Waals surface area (Å²) < 4.78 is 13.1. The normalized spacial score (nSPS) is 21.9. The molecule has 4 heterocycles. The molecule has 4 aromatic rings. The van der Waals surface area contributed by atoms with Gasteiger partial charge in [-0.25, -0.2) is 14.8 Å². The number of hydrogen-bond acceptors (Lipinski definition) is 8. The summed E-state index contributed by atoms with van der Waals surface area (Å²) in [7, 11) is 1.77. The maximum absolute atomic E-state index is 11.8. The Morgan fingerprint density at radius 2 is 1.95 bits per heavy atom. The van der Waals surface area contributed by atoms with Gasteiger partial charge in [-0.05, 0) is 63.5 Å². The number of imidazole rings is 1. The van der Waals surface area contributed by atoms with Gasteiger partial charge in [0.15, 0.2) is 5.65 Å². The number of benzene rings is 1. The molecular weight excluding hydrogens is 530 g/mol. The van der Waals surface area contributed by atoms with Crippen LogP contribution < -0.4 is 10.7 Å². The third-order valence-corrected chi connectivity index (χ3v) is 8.98. The van der Waals surface area contributed by atoms with E-state index in [2.05, 4.69) is 40.4 Å². The molecule has 11 heteroatoms. The van der Waals surface area contributed by atoms with Crippen LogP contribution in [-0.4, -0.2) is 55.0 Å². The molecule has 1 aliphatic carbocycles. The number of aromatic nitrogens is 6. The smallest absolute Gasteiger partial charge is 0.377 e. The average molecular weight is 566 g/mol. The standard InChI is InChI=1S/C29H36ClN7O3/c1-17-10-12-18(13-11-17)16-37-23-22(19-7-5-8-20(30)15-19)31-25(26-34-28(38)40-35-26)32-24(23)33-27(37)36-14-6-9-21(36)29(2,3)39-4/h5,7-8,15,17-18,21H,6,9-14,16H2,1-4H3,(H,34,35,38). The molecule has 1 aliphatic heterocycles. The van der Waals surface area contributed by atoms with Crippen molar-refractivity contribution in [2.45, 2.75) is 77.5 Å². The van der Waals surface area contributed by atoms with E-state index in [0.717, 1.165) is 48.9 Å². The quantitative estimate of drug-likeness (QED) is 0.303. The van der Waals surface area contributed by atoms with Crippen molar-refractivity contribution in [3.63, 3.8) is 0 Å². The van der Waals surface area contributed by atoms with Gasteiger partial charge in [-0.3, -0.25) is 9.51 Å². The van der Waals surface area contributed by atoms with Crippen molar-refractivity contribution >= 4 is 28.7 Å². The van der Waals surface area contributed by atoms with E-state index in [1.807, 2.05) is 24.3 Å². The summed E-state index contributed by atoms with van der Waals surface area (Å²) in [4.78, 5) is 31.6. The van der Waals surface area contributed by atoms with Gasteiger partial charge in [-0.1, -0.05) is 48.7 Å². The Bertz CT molecular complexity index is 1570. The van der Waals surface area contributed by atoms with Crippen LogP contribution in [0.15, 0.2) is 33.6 Å². The van der Waals surface area contributed by atoms with Crippen molar-refractivity contribution in [3.05, 3.63) is 39.8 Å². The average Bonchev–Trinajstić information content (AvgIpc) is 3.68. The second-order valence-electron chi connectivity index (χ2n) is 11.8. The monoisotopic (exact) mass is 565 g/mol. The van der Waals surface area contributed by atoms with Crippen molar-refractivity contribution in [1.82, 2.24) is 29.7 Å². The lowest BCUT2D eigenvalue weighted by Gasteiger charge is -2.37. The predicted octanol–water partition coefficient (Wildman–Crippen LogP) is 5.71. The van der Waals surface area contributed by atoms with Crippen molar-refractivity contribution in [2.24, 2.45) is 11.8 Å². The second kappa shape index (κ2) is 10.6. The van der Waals surface area contributed by atoms with Crippen molar-refractivity contribution in [2.75, 3.05) is 18.6 Å². The first-order valence-corrected chi connectivity index (χ1v) is 14.5. The molecule has 6 rings (SSSR count). The number of H-pyrrole nitrogens is 1. The van der Waals surface area contributed by atoms with Crippen LogP contribution in [0.2, 0.25) is 5.02 Å². The first-order valence-electron chi connectivity index (χ1n) is 14.2. The molecule has 0 amide bonds. The number of fused-ring (bicyclic) bond motifs is 1. The number of anilines is 1. The van der Waals surface area contributed by atoms with Gasteiger partial charge >= 0.3 is 5.76 Å². The highest BCUT2D eigenvalue weighted by molar-refractivity contribution is 6.30. The minimum atomic E-state index is -0.664. The molecule has 10 nitrogen and oxygen atoms in total. The fraction of sp³-hybridized carbons (Fsp3) is 0.552. The van der Waals surface area contributed by atoms with Gasteiger partial charge in [0.2, 0.25) is 17.6 Å². The van der Waals surface area contributed by atoms with Crippen LogP contribution in [0.1, 0.15) is 59.3 Å². The van der Waals surface area contributed by atoms with Crippen LogP contribution in [-0.2, 0) is 11.3 Å². The molecule has 0 spiro atoms. The highest BCUT2D eigenvalue weighted by Gasteiger charge is 2.40. The molecular formula is C29H36ClN7O3. The molecule has 3 aromatic heterocycles. The maximum atomic E-state index is 11.8. The molecule has 1 saturated heterocycles. The summed E-state index contributed by atoms with van der Waals surface area (Å²) in [6.07, 6.45) is 6.90. The number of aromatic amines is 1. The molecule has 1 N–H and O–H groups in total.